The Morgan fingerprint density at radius 3 is 2.44 bits per heavy atom. The summed E-state index contributed by atoms with van der Waals surface area (Å²) in [5, 5.41) is 9.14. The summed E-state index contributed by atoms with van der Waals surface area (Å²) in [5.41, 5.74) is -2.63. The van der Waals surface area contributed by atoms with Gasteiger partial charge >= 0.3 is 12.1 Å². The van der Waals surface area contributed by atoms with Crippen molar-refractivity contribution in [1.29, 1.82) is 0 Å². The Bertz CT molecular complexity index is 1040. The van der Waals surface area contributed by atoms with E-state index < -0.39 is 40.5 Å². The van der Waals surface area contributed by atoms with Gasteiger partial charge in [0.15, 0.2) is 5.82 Å². The maximum atomic E-state index is 13.3. The topological polar surface area (TPSA) is 127 Å². The minimum Gasteiger partial charge on any atom is -0.444 e. The number of aromatic nitrogens is 2. The van der Waals surface area contributed by atoms with E-state index in [0.29, 0.717) is 5.56 Å². The van der Waals surface area contributed by atoms with Crippen LogP contribution in [0.5, 0.6) is 0 Å². The minimum atomic E-state index is -1.36. The molecule has 4 amide bonds. The van der Waals surface area contributed by atoms with Gasteiger partial charge in [-0.2, -0.15) is 4.98 Å². The Labute approximate surface area is 184 Å². The summed E-state index contributed by atoms with van der Waals surface area (Å²) >= 11 is 0. The summed E-state index contributed by atoms with van der Waals surface area (Å²) in [6.45, 7) is 9.80. The third-order valence-corrected chi connectivity index (χ3v) is 4.83. The Morgan fingerprint density at radius 2 is 1.84 bits per heavy atom. The first-order valence-electron chi connectivity index (χ1n) is 9.96. The van der Waals surface area contributed by atoms with Crippen LogP contribution in [0.4, 0.5) is 14.0 Å². The van der Waals surface area contributed by atoms with Crippen molar-refractivity contribution in [2.24, 2.45) is 0 Å². The van der Waals surface area contributed by atoms with E-state index in [0.717, 1.165) is 4.90 Å². The minimum absolute atomic E-state index is 0.00548. The highest BCUT2D eigenvalue weighted by Gasteiger charge is 2.49. The van der Waals surface area contributed by atoms with Crippen molar-refractivity contribution in [2.45, 2.75) is 64.8 Å². The van der Waals surface area contributed by atoms with Crippen molar-refractivity contribution in [3.63, 3.8) is 0 Å². The number of carbonyl (C=O) groups excluding carboxylic acids is 3. The third-order valence-electron chi connectivity index (χ3n) is 4.83. The second kappa shape index (κ2) is 7.88. The zero-order chi connectivity index (χ0) is 23.9. The normalized spacial score (nSPS) is 19.2. The first-order chi connectivity index (χ1) is 14.7. The second-order valence-electron chi connectivity index (χ2n) is 9.22. The molecule has 0 radical (unpaired) electrons. The number of halogens is 1. The molecule has 1 fully saturated rings. The van der Waals surface area contributed by atoms with Crippen molar-refractivity contribution in [3.05, 3.63) is 47.4 Å². The molecule has 1 saturated heterocycles. The maximum absolute atomic E-state index is 13.3. The monoisotopic (exact) mass is 447 g/mol. The Hall–Kier alpha value is -3.50. The standard InChI is InChI=1S/C21H26FN5O5/c1-19(2,3)31-18(30)25-20(4,5)15-23-14(32-26-15)11-27-16(28)21(6,24-17(27)29)12-7-9-13(22)10-8-12/h7-10H,11H2,1-6H3,(H,24,29)(H,25,30). The van der Waals surface area contributed by atoms with Gasteiger partial charge < -0.3 is 19.9 Å². The summed E-state index contributed by atoms with van der Waals surface area (Å²) in [4.78, 5) is 42.7. The summed E-state index contributed by atoms with van der Waals surface area (Å²) in [6.07, 6.45) is -0.655. The summed E-state index contributed by atoms with van der Waals surface area (Å²) < 4.78 is 23.7. The zero-order valence-electron chi connectivity index (χ0n) is 18.8. The summed E-state index contributed by atoms with van der Waals surface area (Å²) in [7, 11) is 0. The van der Waals surface area contributed by atoms with Gasteiger partial charge in [0.05, 0.1) is 0 Å². The molecule has 2 N–H and O–H groups in total. The number of carbonyl (C=O) groups is 3. The van der Waals surface area contributed by atoms with Gasteiger partial charge in [-0.15, -0.1) is 0 Å². The van der Waals surface area contributed by atoms with Crippen LogP contribution < -0.4 is 10.6 Å². The molecule has 1 atom stereocenters. The molecule has 172 valence electrons. The zero-order valence-corrected chi connectivity index (χ0v) is 18.8. The van der Waals surface area contributed by atoms with Crippen LogP contribution >= 0.6 is 0 Å². The van der Waals surface area contributed by atoms with Gasteiger partial charge in [-0.25, -0.2) is 14.0 Å². The second-order valence-corrected chi connectivity index (χ2v) is 9.22. The number of rotatable bonds is 5. The van der Waals surface area contributed by atoms with Crippen LogP contribution in [0.15, 0.2) is 28.8 Å². The van der Waals surface area contributed by atoms with Crippen LogP contribution in [0.1, 0.15) is 58.8 Å². The highest BCUT2D eigenvalue weighted by Crippen LogP contribution is 2.30. The van der Waals surface area contributed by atoms with Crippen LogP contribution in [-0.2, 0) is 27.2 Å². The fraction of sp³-hybridized carbons (Fsp3) is 0.476. The number of nitrogens with zero attached hydrogens (tertiary/aromatic N) is 3. The van der Waals surface area contributed by atoms with Gasteiger partial charge in [-0.1, -0.05) is 17.3 Å². The van der Waals surface area contributed by atoms with E-state index in [2.05, 4.69) is 20.8 Å². The predicted molar refractivity (Wildman–Crippen MR) is 110 cm³/mol. The number of amides is 4. The number of imide groups is 1. The molecule has 0 bridgehead atoms. The Morgan fingerprint density at radius 1 is 1.22 bits per heavy atom. The van der Waals surface area contributed by atoms with E-state index >= 15 is 0 Å². The Kier molecular flexibility index (Phi) is 5.71. The van der Waals surface area contributed by atoms with E-state index in [4.69, 9.17) is 9.26 Å². The number of benzene rings is 1. The van der Waals surface area contributed by atoms with E-state index in [1.54, 1.807) is 34.6 Å². The number of nitrogens with one attached hydrogen (secondary N) is 2. The molecule has 0 aliphatic carbocycles. The van der Waals surface area contributed by atoms with Crippen molar-refractivity contribution < 1.29 is 28.0 Å². The highest BCUT2D eigenvalue weighted by molar-refractivity contribution is 6.07. The molecule has 3 rings (SSSR count). The molecule has 11 heteroatoms. The van der Waals surface area contributed by atoms with Crippen LogP contribution in [0.25, 0.3) is 0 Å². The number of urea groups is 1. The van der Waals surface area contributed by atoms with Crippen LogP contribution in [0.2, 0.25) is 0 Å². The molecular weight excluding hydrogens is 421 g/mol. The van der Waals surface area contributed by atoms with Crippen LogP contribution in [0, 0.1) is 5.82 Å². The molecule has 32 heavy (non-hydrogen) atoms. The number of alkyl carbamates (subject to hydrolysis) is 1. The first kappa shape index (κ1) is 23.2. The fourth-order valence-corrected chi connectivity index (χ4v) is 3.14. The molecule has 1 aromatic carbocycles. The van der Waals surface area contributed by atoms with Crippen molar-refractivity contribution in [3.8, 4) is 0 Å². The Balaban J connectivity index is 1.73. The quantitative estimate of drug-likeness (QED) is 0.675. The lowest BCUT2D eigenvalue weighted by Crippen LogP contribution is -2.44. The largest absolute Gasteiger partial charge is 0.444 e. The van der Waals surface area contributed by atoms with Gasteiger partial charge in [-0.05, 0) is 59.2 Å². The molecule has 1 aromatic heterocycles. The van der Waals surface area contributed by atoms with E-state index in [-0.39, 0.29) is 18.3 Å². The number of hydrogen-bond acceptors (Lipinski definition) is 7. The smallest absolute Gasteiger partial charge is 0.408 e. The van der Waals surface area contributed by atoms with Gasteiger partial charge in [-0.3, -0.25) is 9.69 Å². The maximum Gasteiger partial charge on any atom is 0.408 e. The van der Waals surface area contributed by atoms with E-state index in [1.807, 2.05) is 0 Å². The predicted octanol–water partition coefficient (Wildman–Crippen LogP) is 2.94. The van der Waals surface area contributed by atoms with Crippen molar-refractivity contribution in [1.82, 2.24) is 25.7 Å². The lowest BCUT2D eigenvalue weighted by Gasteiger charge is -2.26. The number of hydrogen-bond donors (Lipinski definition) is 2. The average molecular weight is 447 g/mol. The summed E-state index contributed by atoms with van der Waals surface area (Å²) in [5.74, 6) is -0.843. The van der Waals surface area contributed by atoms with Crippen LogP contribution in [0.3, 0.4) is 0 Å². The first-order valence-corrected chi connectivity index (χ1v) is 9.96. The van der Waals surface area contributed by atoms with Gasteiger partial charge in [0.2, 0.25) is 5.89 Å². The van der Waals surface area contributed by atoms with Gasteiger partial charge in [0.1, 0.15) is 29.0 Å². The van der Waals surface area contributed by atoms with E-state index in [1.165, 1.54) is 31.2 Å². The molecule has 0 spiro atoms. The van der Waals surface area contributed by atoms with Gasteiger partial charge in [0, 0.05) is 0 Å². The highest BCUT2D eigenvalue weighted by atomic mass is 19.1. The average Bonchev–Trinajstić information content (AvgIpc) is 3.20. The third kappa shape index (κ3) is 4.71. The molecular formula is C21H26FN5O5. The van der Waals surface area contributed by atoms with Gasteiger partial charge in [0.25, 0.3) is 5.91 Å². The molecule has 2 aromatic rings. The van der Waals surface area contributed by atoms with Crippen molar-refractivity contribution in [2.75, 3.05) is 0 Å². The molecule has 1 unspecified atom stereocenters. The molecule has 10 nitrogen and oxygen atoms in total. The van der Waals surface area contributed by atoms with E-state index in [9.17, 15) is 18.8 Å². The SMILES string of the molecule is CC(C)(C)OC(=O)NC(C)(C)c1noc(CN2C(=O)NC(C)(c3ccc(F)cc3)C2=O)n1. The molecule has 2 heterocycles. The summed E-state index contributed by atoms with van der Waals surface area (Å²) in [6, 6.07) is 4.66. The van der Waals surface area contributed by atoms with Crippen molar-refractivity contribution >= 4 is 18.0 Å². The lowest BCUT2D eigenvalue weighted by molar-refractivity contribution is -0.131. The number of ether oxygens (including phenoxy) is 1. The fourth-order valence-electron chi connectivity index (χ4n) is 3.14. The lowest BCUT2D eigenvalue weighted by atomic mass is 9.92. The molecule has 1 aliphatic heterocycles. The molecule has 1 aliphatic rings. The van der Waals surface area contributed by atoms with Crippen LogP contribution in [-0.4, -0.2) is 38.7 Å². The molecule has 0 saturated carbocycles.